The van der Waals surface area contributed by atoms with Crippen LogP contribution in [0.25, 0.3) is 22.3 Å². The van der Waals surface area contributed by atoms with Gasteiger partial charge in [0.05, 0.1) is 29.0 Å². The number of carboxylic acid groups (broad SMARTS) is 1. The molecule has 2 aromatic carbocycles. The SMILES string of the molecule is CC[C@@]1(O)C(=O)OCc2c1cc1n(c2=O)Cc2c-1nc1cc(F)c(C)c3c1c2[C@@H](NCc1c(F)cc(NC(=O)C(CCCNC(N)=O)NC(=O)O)cc1F)CC3. The Morgan fingerprint density at radius 2 is 1.82 bits per heavy atom. The molecule has 4 aromatic rings. The number of cyclic esters (lactones) is 1. The zero-order valence-electron chi connectivity index (χ0n) is 30.3. The zero-order chi connectivity index (χ0) is 40.2. The van der Waals surface area contributed by atoms with Crippen molar-refractivity contribution in [3.63, 3.8) is 0 Å². The first-order chi connectivity index (χ1) is 26.6. The number of fused-ring (bicyclic) bond motifs is 5. The summed E-state index contributed by atoms with van der Waals surface area (Å²) in [6.45, 7) is 2.74. The number of primary amides is 1. The van der Waals surface area contributed by atoms with Gasteiger partial charge < -0.3 is 46.5 Å². The highest BCUT2D eigenvalue weighted by Gasteiger charge is 2.46. The third kappa shape index (κ3) is 6.57. The molecule has 56 heavy (non-hydrogen) atoms. The molecule has 2 aromatic heterocycles. The predicted octanol–water partition coefficient (Wildman–Crippen LogP) is 3.61. The Balaban J connectivity index is 1.19. The lowest BCUT2D eigenvalue weighted by Gasteiger charge is -2.31. The van der Waals surface area contributed by atoms with E-state index in [2.05, 4.69) is 16.0 Å². The van der Waals surface area contributed by atoms with Crippen LogP contribution in [0.1, 0.15) is 77.6 Å². The fraction of sp³-hybridized carbons (Fsp3) is 0.368. The molecule has 3 atom stereocenters. The van der Waals surface area contributed by atoms with Crippen molar-refractivity contribution in [1.29, 1.82) is 0 Å². The molecule has 0 fully saturated rings. The monoisotopic (exact) mass is 777 g/mol. The van der Waals surface area contributed by atoms with Crippen molar-refractivity contribution in [2.75, 3.05) is 11.9 Å². The summed E-state index contributed by atoms with van der Waals surface area (Å²) >= 11 is 0. The number of pyridine rings is 2. The number of carbonyl (C=O) groups excluding carboxylic acids is 3. The Hall–Kier alpha value is -6.01. The van der Waals surface area contributed by atoms with Crippen molar-refractivity contribution < 1.29 is 47.3 Å². The van der Waals surface area contributed by atoms with Crippen LogP contribution in [0.5, 0.6) is 0 Å². The lowest BCUT2D eigenvalue weighted by molar-refractivity contribution is -0.172. The van der Waals surface area contributed by atoms with Crippen LogP contribution in [0.4, 0.5) is 28.4 Å². The average Bonchev–Trinajstić information content (AvgIpc) is 3.51. The first-order valence-electron chi connectivity index (χ1n) is 18.0. The van der Waals surface area contributed by atoms with Gasteiger partial charge in [0.2, 0.25) is 5.91 Å². The number of nitrogens with one attached hydrogen (secondary N) is 4. The molecule has 2 aliphatic heterocycles. The maximum atomic E-state index is 15.6. The number of amides is 4. The van der Waals surface area contributed by atoms with Crippen molar-refractivity contribution in [2.24, 2.45) is 5.73 Å². The van der Waals surface area contributed by atoms with Gasteiger partial charge >= 0.3 is 18.1 Å². The summed E-state index contributed by atoms with van der Waals surface area (Å²) in [5.41, 5.74) is 5.60. The Kier molecular flexibility index (Phi) is 9.96. The number of aliphatic hydroxyl groups is 1. The van der Waals surface area contributed by atoms with Crippen LogP contribution in [-0.2, 0) is 46.0 Å². The molecule has 18 heteroatoms. The molecular weight excluding hydrogens is 739 g/mol. The number of esters is 1. The number of nitrogens with two attached hydrogens (primary N) is 1. The molecule has 0 bridgehead atoms. The Morgan fingerprint density at radius 1 is 1.09 bits per heavy atom. The second-order valence-electron chi connectivity index (χ2n) is 14.1. The average molecular weight is 778 g/mol. The summed E-state index contributed by atoms with van der Waals surface area (Å²) in [4.78, 5) is 66.5. The number of halogens is 3. The summed E-state index contributed by atoms with van der Waals surface area (Å²) < 4.78 is 53.1. The number of aryl methyl sites for hydroxylation is 1. The lowest BCUT2D eigenvalue weighted by atomic mass is 9.81. The Morgan fingerprint density at radius 3 is 2.50 bits per heavy atom. The van der Waals surface area contributed by atoms with E-state index in [9.17, 15) is 34.2 Å². The lowest BCUT2D eigenvalue weighted by Crippen LogP contribution is -2.44. The summed E-state index contributed by atoms with van der Waals surface area (Å²) in [7, 11) is 0. The smallest absolute Gasteiger partial charge is 0.405 e. The largest absolute Gasteiger partial charge is 0.465 e. The van der Waals surface area contributed by atoms with Crippen molar-refractivity contribution in [1.82, 2.24) is 25.5 Å². The highest BCUT2D eigenvalue weighted by atomic mass is 19.1. The molecule has 294 valence electrons. The molecule has 0 radical (unpaired) electrons. The van der Waals surface area contributed by atoms with Crippen LogP contribution in [0, 0.1) is 24.4 Å². The molecule has 15 nitrogen and oxygen atoms in total. The van der Waals surface area contributed by atoms with Crippen LogP contribution in [0.2, 0.25) is 0 Å². The minimum Gasteiger partial charge on any atom is -0.465 e. The third-order valence-electron chi connectivity index (χ3n) is 10.9. The van der Waals surface area contributed by atoms with Crippen LogP contribution < -0.4 is 32.6 Å². The molecule has 3 aliphatic rings. The molecule has 0 spiro atoms. The number of carbonyl (C=O) groups is 4. The van der Waals surface area contributed by atoms with Crippen LogP contribution in [0.3, 0.4) is 0 Å². The fourth-order valence-electron chi connectivity index (χ4n) is 7.99. The van der Waals surface area contributed by atoms with E-state index in [1.807, 2.05) is 5.32 Å². The van der Waals surface area contributed by atoms with Gasteiger partial charge in [-0.05, 0) is 73.9 Å². The van der Waals surface area contributed by atoms with E-state index in [0.717, 1.165) is 17.7 Å². The maximum absolute atomic E-state index is 15.6. The number of aromatic nitrogens is 2. The standard InChI is InChI=1S/C38H38F3N7O8/c1-3-38(55)22-11-29-32-20(14-48(29)34(50)21(22)15-56-35(38)51)31-26(7-6-18-16(2)23(39)12-28(46-32)30(18)31)44-13-19-24(40)9-17(10-25(19)41)45-33(49)27(47-37(53)54)5-4-8-43-36(42)52/h9-12,26-27,44,47,55H,3-8,13-15H2,1-2H3,(H,45,49)(H,53,54)(H3,42,43,52)/t26-,27?,38-/m0/s1. The number of nitrogens with zero attached hydrogens (tertiary/aromatic N) is 2. The maximum Gasteiger partial charge on any atom is 0.405 e. The molecular formula is C38H38F3N7O8. The highest BCUT2D eigenvalue weighted by molar-refractivity contribution is 5.96. The number of ether oxygens (including phenoxy) is 1. The molecule has 0 saturated heterocycles. The quantitative estimate of drug-likeness (QED) is 0.0762. The summed E-state index contributed by atoms with van der Waals surface area (Å²) in [6.07, 6.45) is -0.622. The van der Waals surface area contributed by atoms with Crippen LogP contribution >= 0.6 is 0 Å². The number of urea groups is 1. The molecule has 8 N–H and O–H groups in total. The van der Waals surface area contributed by atoms with Crippen molar-refractivity contribution >= 4 is 40.6 Å². The minimum absolute atomic E-state index is 0.0503. The van der Waals surface area contributed by atoms with E-state index in [1.54, 1.807) is 19.9 Å². The summed E-state index contributed by atoms with van der Waals surface area (Å²) in [6, 6.07) is 2.03. The molecule has 7 rings (SSSR count). The van der Waals surface area contributed by atoms with Gasteiger partial charge in [-0.25, -0.2) is 32.5 Å². The number of hydrogen-bond acceptors (Lipinski definition) is 9. The summed E-state index contributed by atoms with van der Waals surface area (Å²) in [5.74, 6) is -4.21. The third-order valence-corrected chi connectivity index (χ3v) is 10.9. The second-order valence-corrected chi connectivity index (χ2v) is 14.1. The van der Waals surface area contributed by atoms with Gasteiger partial charge in [0, 0.05) is 53.0 Å². The van der Waals surface area contributed by atoms with Gasteiger partial charge in [-0.3, -0.25) is 9.59 Å². The predicted molar refractivity (Wildman–Crippen MR) is 194 cm³/mol. The number of anilines is 1. The van der Waals surface area contributed by atoms with E-state index in [-0.39, 0.29) is 67.9 Å². The Bertz CT molecular complexity index is 2400. The topological polar surface area (TPSA) is 227 Å². The number of rotatable bonds is 11. The van der Waals surface area contributed by atoms with Crippen molar-refractivity contribution in [3.8, 4) is 11.4 Å². The van der Waals surface area contributed by atoms with Crippen molar-refractivity contribution in [2.45, 2.75) is 83.3 Å². The second kappa shape index (κ2) is 14.6. The van der Waals surface area contributed by atoms with Gasteiger partial charge in [-0.15, -0.1) is 0 Å². The molecule has 0 saturated carbocycles. The zero-order valence-corrected chi connectivity index (χ0v) is 30.3. The van der Waals surface area contributed by atoms with Gasteiger partial charge in [0.1, 0.15) is 30.1 Å². The van der Waals surface area contributed by atoms with E-state index in [0.29, 0.717) is 51.8 Å². The van der Waals surface area contributed by atoms with Gasteiger partial charge in [0.25, 0.3) is 5.56 Å². The first kappa shape index (κ1) is 38.3. The molecule has 4 amide bonds. The normalized spacial score (nSPS) is 18.4. The molecule has 4 heterocycles. The number of benzene rings is 2. The Labute approximate surface area is 316 Å². The molecule has 1 aliphatic carbocycles. The van der Waals surface area contributed by atoms with Crippen molar-refractivity contribution in [3.05, 3.63) is 91.0 Å². The summed E-state index contributed by atoms with van der Waals surface area (Å²) in [5, 5.41) is 31.1. The highest BCUT2D eigenvalue weighted by Crippen LogP contribution is 2.46. The van der Waals surface area contributed by atoms with Crippen LogP contribution in [0.15, 0.2) is 29.1 Å². The first-order valence-corrected chi connectivity index (χ1v) is 18.0. The van der Waals surface area contributed by atoms with E-state index in [1.165, 1.54) is 10.6 Å². The van der Waals surface area contributed by atoms with E-state index < -0.39 is 64.7 Å². The number of hydrogen-bond donors (Lipinski definition) is 7. The minimum atomic E-state index is -2.05. The van der Waals surface area contributed by atoms with Gasteiger partial charge in [-0.1, -0.05) is 6.92 Å². The van der Waals surface area contributed by atoms with Gasteiger partial charge in [-0.2, -0.15) is 0 Å². The molecule has 1 unspecified atom stereocenters. The van der Waals surface area contributed by atoms with E-state index >= 15 is 13.2 Å². The van der Waals surface area contributed by atoms with Gasteiger partial charge in [0.15, 0.2) is 5.60 Å². The van der Waals surface area contributed by atoms with Crippen LogP contribution in [-0.4, -0.2) is 56.4 Å². The van der Waals surface area contributed by atoms with E-state index in [4.69, 9.17) is 15.5 Å². The fourth-order valence-corrected chi connectivity index (χ4v) is 7.99.